The molecule has 9 heterocycles. The highest BCUT2D eigenvalue weighted by molar-refractivity contribution is 6.07. The molecule has 11 atom stereocenters. The number of pyridine rings is 4. The lowest BCUT2D eigenvalue weighted by molar-refractivity contribution is -0.412. The van der Waals surface area contributed by atoms with Crippen LogP contribution in [0.4, 0.5) is 24.8 Å². The van der Waals surface area contributed by atoms with E-state index in [1.54, 1.807) is 43.7 Å². The number of quaternary nitrogens is 2. The summed E-state index contributed by atoms with van der Waals surface area (Å²) >= 11 is 0. The molecular formula is C81H88Cl2F3N11O10. The zero-order valence-corrected chi connectivity index (χ0v) is 61.9. The van der Waals surface area contributed by atoms with Gasteiger partial charge in [0.15, 0.2) is 17.9 Å². The van der Waals surface area contributed by atoms with E-state index < -0.39 is 47.5 Å². The number of alkyl halides is 3. The van der Waals surface area contributed by atoms with Crippen LogP contribution < -0.4 is 44.4 Å². The van der Waals surface area contributed by atoms with E-state index in [1.165, 1.54) is 29.5 Å². The number of carboxylic acids is 1. The maximum absolute atomic E-state index is 13.5. The van der Waals surface area contributed by atoms with Gasteiger partial charge in [0.1, 0.15) is 23.9 Å². The van der Waals surface area contributed by atoms with Gasteiger partial charge in [-0.15, -0.1) is 12.4 Å². The van der Waals surface area contributed by atoms with E-state index in [-0.39, 0.29) is 102 Å². The Balaban J connectivity index is 0.000000164. The normalized spacial score (nSPS) is 24.1. The van der Waals surface area contributed by atoms with E-state index in [0.29, 0.717) is 80.4 Å². The van der Waals surface area contributed by atoms with Crippen molar-refractivity contribution in [3.8, 4) is 5.75 Å². The smallest absolute Gasteiger partial charge is 0.406 e. The fraction of sp³-hybridized carbons (Fsp3) is 0.358. The second-order valence-electron chi connectivity index (χ2n) is 28.1. The highest BCUT2D eigenvalue weighted by Gasteiger charge is 2.54. The Morgan fingerprint density at radius 3 is 1.46 bits per heavy atom. The van der Waals surface area contributed by atoms with Crippen LogP contribution in [0.1, 0.15) is 155 Å². The number of Topliss-reactive ketones (excluding diaryl/α,β-unsaturated/α-hetero) is 1. The van der Waals surface area contributed by atoms with Crippen LogP contribution in [-0.2, 0) is 65.3 Å². The molecule has 7 aliphatic rings. The number of rotatable bonds is 12. The predicted molar refractivity (Wildman–Crippen MR) is 390 cm³/mol. The number of hydrogen-bond donors (Lipinski definition) is 4. The number of nitrogens with one attached hydrogen (secondary N) is 2. The molecule has 5 aliphatic heterocycles. The Kier molecular flexibility index (Phi) is 26.1. The summed E-state index contributed by atoms with van der Waals surface area (Å²) in [6.45, 7) is 12.4. The van der Waals surface area contributed by atoms with Gasteiger partial charge in [-0.2, -0.15) is 13.2 Å². The fourth-order valence-corrected chi connectivity index (χ4v) is 16.1. The van der Waals surface area contributed by atoms with Crippen LogP contribution in [0, 0.1) is 12.8 Å². The summed E-state index contributed by atoms with van der Waals surface area (Å²) in [5.74, 6) is 0.161. The van der Waals surface area contributed by atoms with Crippen molar-refractivity contribution in [1.29, 1.82) is 0 Å². The molecule has 0 saturated carbocycles. The molecule has 2 spiro atoms. The lowest BCUT2D eigenvalue weighted by Crippen LogP contribution is -3.00. The molecule has 4 aromatic heterocycles. The Labute approximate surface area is 631 Å². The van der Waals surface area contributed by atoms with Gasteiger partial charge in [0, 0.05) is 134 Å². The Hall–Kier alpha value is -10.3. The highest BCUT2D eigenvalue weighted by atomic mass is 35.5. The van der Waals surface area contributed by atoms with Crippen LogP contribution in [0.5, 0.6) is 5.75 Å². The molecule has 8 aromatic rings. The van der Waals surface area contributed by atoms with Crippen molar-refractivity contribution < 1.29 is 85.2 Å². The molecule has 26 heteroatoms. The topological polar surface area (TPSA) is 309 Å². The van der Waals surface area contributed by atoms with E-state index in [2.05, 4.69) is 92.3 Å². The maximum atomic E-state index is 13.5. The standard InChI is InChI=1S/C30H30N4O3.C15H11N3O3.C14H17F3N2O.C14H20N2O.C8H8O2.2ClH/c1-3-34-18(2)23(19-8-5-4-6-9-19)13-20(28(34)36)14-26(35)22-12-21-15-30(16-25(21)32-17-22)24-10-7-11-31-27(24)33-29(30)37;19-8-21-10-4-9-5-15(6-12(9)17-7-10)11-2-1-3-16-13(11)18-14(15)20;1-9-11(10-5-3-2-4-6-10)7-12(18)13(20)19(9)8-14(15,16)17;1-3-16-10(2)12(9-13(15)14(16)17)11-7-5-4-6-8-11;1-6-2-4-7(5-3-6)8(9)10;;/h4-12,17-18,20,23H,3,13-16H2,1-2H3,(H,31,33,37);1-4,7-8H,5-6H2,(H,16,18,20);2-6,9,11-12H,7-8,18H2,1H3;4-8,10,12-13H,3,9,15H2,1-2H3;2-5H,1H3,(H,9,10);2*1H/t18-,20-,23-,30+;15-;9-,11-,12?;10-,12-,13+;;;/m1011.../s1. The number of aromatic nitrogens is 4. The number of carbonyl (C=O) groups excluding carboxylic acids is 8. The van der Waals surface area contributed by atoms with Crippen molar-refractivity contribution in [2.45, 2.75) is 158 Å². The number of carboxylic acid groups (broad SMARTS) is 1. The van der Waals surface area contributed by atoms with Crippen LogP contribution in [0.2, 0.25) is 0 Å². The van der Waals surface area contributed by atoms with Crippen molar-refractivity contribution in [3.05, 3.63) is 243 Å². The molecule has 0 bridgehead atoms. The van der Waals surface area contributed by atoms with Crippen LogP contribution >= 0.6 is 12.4 Å². The molecule has 3 fully saturated rings. The van der Waals surface area contributed by atoms with Crippen LogP contribution in [0.25, 0.3) is 0 Å². The SMILES string of the molecule is CCN1C(=O)[C@@H](CC(=O)c2cnc3c(c2)C[C@@]2(C3)C(=O)Nc3ncccc32)C[C@@H](c2ccccc2)[C@H]1C.CCN1C(=O)[C@@H]([NH3+])C[C@@H](c2ccccc2)[C@H]1C.C[C@@H]1[C@H](c2ccccc2)CC([NH3+])C(=O)N1CC(F)(F)F.Cc1ccc(C(=O)[O-])cc1.Cl.O=COc1cnc2c(c1)C[C@@]1(C2)C(=O)Nc2ncccc21.[Cl-]. The number of halogens is 5. The average molecular weight is 1500 g/mol. The monoisotopic (exact) mass is 1500 g/mol. The van der Waals surface area contributed by atoms with Crippen molar-refractivity contribution >= 4 is 71.8 Å². The zero-order valence-electron chi connectivity index (χ0n) is 60.3. The third kappa shape index (κ3) is 17.4. The molecule has 2 aliphatic carbocycles. The number of aromatic carboxylic acids is 1. The number of nitrogens with zero attached hydrogens (tertiary/aromatic N) is 7. The number of fused-ring (bicyclic) bond motifs is 6. The number of ether oxygens (including phenoxy) is 1. The van der Waals surface area contributed by atoms with Gasteiger partial charge >= 0.3 is 6.18 Å². The number of aryl methyl sites for hydroxylation is 1. The minimum Gasteiger partial charge on any atom is -1.00 e. The van der Waals surface area contributed by atoms with Crippen LogP contribution in [0.15, 0.2) is 176 Å². The second-order valence-corrected chi connectivity index (χ2v) is 28.1. The number of anilines is 2. The number of amides is 5. The number of carbonyl (C=O) groups is 8. The molecule has 1 unspecified atom stereocenters. The third-order valence-corrected chi connectivity index (χ3v) is 21.7. The zero-order chi connectivity index (χ0) is 75.1. The molecule has 562 valence electrons. The van der Waals surface area contributed by atoms with Crippen molar-refractivity contribution in [2.75, 3.05) is 30.3 Å². The number of likely N-dealkylation sites (N-methyl/N-ethyl adjacent to an activating group) is 2. The van der Waals surface area contributed by atoms with Gasteiger partial charge in [-0.05, 0) is 118 Å². The summed E-state index contributed by atoms with van der Waals surface area (Å²) in [4.78, 5) is 119. The van der Waals surface area contributed by atoms with E-state index >= 15 is 0 Å². The van der Waals surface area contributed by atoms with E-state index in [4.69, 9.17) is 4.74 Å². The molecule has 3 saturated heterocycles. The highest BCUT2D eigenvalue weighted by Crippen LogP contribution is 2.48. The molecule has 15 rings (SSSR count). The first-order valence-electron chi connectivity index (χ1n) is 35.5. The largest absolute Gasteiger partial charge is 1.00 e. The molecule has 21 nitrogen and oxygen atoms in total. The summed E-state index contributed by atoms with van der Waals surface area (Å²) in [6.07, 6.45) is 6.26. The van der Waals surface area contributed by atoms with E-state index in [9.17, 15) is 56.6 Å². The average Bonchev–Trinajstić information content (AvgIpc) is 1.58. The lowest BCUT2D eigenvalue weighted by Gasteiger charge is -2.42. The second kappa shape index (κ2) is 34.5. The first kappa shape index (κ1) is 80.8. The molecule has 0 radical (unpaired) electrons. The minimum atomic E-state index is -4.39. The number of ketones is 1. The van der Waals surface area contributed by atoms with Gasteiger partial charge < -0.3 is 63.8 Å². The van der Waals surface area contributed by atoms with Crippen molar-refractivity contribution in [2.24, 2.45) is 5.92 Å². The summed E-state index contributed by atoms with van der Waals surface area (Å²) in [5.41, 5.74) is 16.9. The Morgan fingerprint density at radius 2 is 1.01 bits per heavy atom. The molecule has 107 heavy (non-hydrogen) atoms. The number of piperidine rings is 3. The van der Waals surface area contributed by atoms with E-state index in [0.717, 1.165) is 62.6 Å². The number of benzene rings is 4. The number of likely N-dealkylation sites (tertiary alicyclic amines) is 3. The molecular weight excluding hydrogens is 1410 g/mol. The Morgan fingerprint density at radius 1 is 0.579 bits per heavy atom. The summed E-state index contributed by atoms with van der Waals surface area (Å²) in [5, 5.41) is 15.9. The molecule has 8 N–H and O–H groups in total. The number of hydrogen-bond acceptors (Lipinski definition) is 14. The molecule has 4 aromatic carbocycles. The first-order chi connectivity index (χ1) is 50.3. The minimum absolute atomic E-state index is 0. The summed E-state index contributed by atoms with van der Waals surface area (Å²) in [6, 6.07) is 46.9. The third-order valence-electron chi connectivity index (χ3n) is 21.7. The fourth-order valence-electron chi connectivity index (χ4n) is 16.1. The summed E-state index contributed by atoms with van der Waals surface area (Å²) < 4.78 is 42.7. The van der Waals surface area contributed by atoms with Crippen LogP contribution in [0.3, 0.4) is 0 Å². The van der Waals surface area contributed by atoms with Gasteiger partial charge in [-0.3, -0.25) is 43.5 Å². The molecule has 5 amide bonds. The van der Waals surface area contributed by atoms with Crippen molar-refractivity contribution in [3.63, 3.8) is 0 Å². The van der Waals surface area contributed by atoms with Gasteiger partial charge in [0.25, 0.3) is 18.3 Å². The van der Waals surface area contributed by atoms with E-state index in [1.807, 2.05) is 116 Å². The van der Waals surface area contributed by atoms with Gasteiger partial charge in [0.2, 0.25) is 17.7 Å². The summed E-state index contributed by atoms with van der Waals surface area (Å²) in [7, 11) is 0. The quantitative estimate of drug-likeness (QED) is 0.0874. The maximum Gasteiger partial charge on any atom is 0.406 e. The Bertz CT molecular complexity index is 4530. The lowest BCUT2D eigenvalue weighted by atomic mass is 9.77. The van der Waals surface area contributed by atoms with Crippen molar-refractivity contribution in [1.82, 2.24) is 34.6 Å². The van der Waals surface area contributed by atoms with Gasteiger partial charge in [-0.25, -0.2) is 9.97 Å². The first-order valence-corrected chi connectivity index (χ1v) is 35.5. The van der Waals surface area contributed by atoms with Gasteiger partial charge in [-0.1, -0.05) is 133 Å². The van der Waals surface area contributed by atoms with Gasteiger partial charge in [0.05, 0.1) is 23.0 Å². The van der Waals surface area contributed by atoms with Crippen LogP contribution in [-0.4, -0.2) is 138 Å². The predicted octanol–water partition coefficient (Wildman–Crippen LogP) is 5.45.